The van der Waals surface area contributed by atoms with Gasteiger partial charge in [-0.05, 0) is 0 Å². The zero-order chi connectivity index (χ0) is 36.7. The molecule has 0 bridgehead atoms. The first-order valence-electron chi connectivity index (χ1n) is 8.88. The van der Waals surface area contributed by atoms with Gasteiger partial charge in [-0.1, -0.05) is 0 Å². The van der Waals surface area contributed by atoms with Gasteiger partial charge in [0.15, 0.2) is 0 Å². The summed E-state index contributed by atoms with van der Waals surface area (Å²) in [7, 11) is -9.90. The van der Waals surface area contributed by atoms with Crippen LogP contribution >= 0.6 is 0 Å². The van der Waals surface area contributed by atoms with Gasteiger partial charge in [-0.3, -0.25) is 0 Å². The van der Waals surface area contributed by atoms with E-state index in [0.29, 0.717) is 0 Å². The molecule has 264 valence electrons. The summed E-state index contributed by atoms with van der Waals surface area (Å²) in [5.74, 6) is -89.3. The van der Waals surface area contributed by atoms with Crippen molar-refractivity contribution in [3.8, 4) is 0 Å². The third-order valence-corrected chi connectivity index (χ3v) is 6.41. The van der Waals surface area contributed by atoms with E-state index in [0.717, 1.165) is 0 Å². The van der Waals surface area contributed by atoms with Gasteiger partial charge in [0.2, 0.25) is 0 Å². The molecule has 33 heteroatoms. The molecule has 0 aliphatic heterocycles. The Kier molecular flexibility index (Phi) is 13.9. The molecule has 46 heavy (non-hydrogen) atoms. The fraction of sp³-hybridized carbons (Fsp3) is 0.846. The third kappa shape index (κ3) is 6.02. The number of carboxylic acids is 2. The van der Waals surface area contributed by atoms with Crippen LogP contribution in [0.2, 0.25) is 0 Å². The molecule has 0 aromatic carbocycles. The first kappa shape index (κ1) is 49.6. The van der Waals surface area contributed by atoms with Crippen molar-refractivity contribution >= 4 is 81.1 Å². The van der Waals surface area contributed by atoms with E-state index in [4.69, 9.17) is 10.2 Å². The average molecular weight is 783 g/mol. The van der Waals surface area contributed by atoms with E-state index < -0.39 is 91.1 Å². The van der Waals surface area contributed by atoms with E-state index >= 15 is 0 Å². The van der Waals surface area contributed by atoms with Gasteiger partial charge >= 0.3 is 86.6 Å². The van der Waals surface area contributed by atoms with Crippen LogP contribution in [-0.2, 0) is 19.6 Å². The van der Waals surface area contributed by atoms with E-state index in [1.54, 1.807) is 0 Å². The summed E-state index contributed by atoms with van der Waals surface area (Å²) in [5, 5.41) is 6.80. The van der Waals surface area contributed by atoms with Gasteiger partial charge in [0, 0.05) is 63.6 Å². The molecule has 0 unspecified atom stereocenters. The van der Waals surface area contributed by atoms with Crippen molar-refractivity contribution in [3.05, 3.63) is 0 Å². The topological polar surface area (TPSA) is 112 Å². The second kappa shape index (κ2) is 12.8. The summed E-state index contributed by atoms with van der Waals surface area (Å²) in [6.45, 7) is 0. The Morgan fingerprint density at radius 3 is 0.957 bits per heavy atom. The third-order valence-electron chi connectivity index (χ3n) is 4.83. The summed E-state index contributed by atoms with van der Waals surface area (Å²) in [6.07, 6.45) is -8.21. The summed E-state index contributed by atoms with van der Waals surface area (Å²) in [6, 6.07) is 0. The van der Waals surface area contributed by atoms with E-state index in [9.17, 15) is 119 Å². The maximum atomic E-state index is 14.2. The Labute approximate surface area is 278 Å². The van der Waals surface area contributed by atoms with Gasteiger partial charge < -0.3 is 10.2 Å². The van der Waals surface area contributed by atoms with Crippen LogP contribution in [0.4, 0.5) is 101 Å². The van der Waals surface area contributed by atoms with Gasteiger partial charge in [-0.15, -0.1) is 4.48 Å². The minimum Gasteiger partial charge on any atom is -0.478 e. The first-order chi connectivity index (χ1) is 18.5. The Balaban J connectivity index is -0.00000924. The number of nitrogens with zero attached hydrogens (tertiary/aromatic N) is 1. The van der Waals surface area contributed by atoms with Gasteiger partial charge in [-0.2, -0.15) is 92.2 Å². The molecule has 0 amide bonds. The van der Waals surface area contributed by atoms with Crippen molar-refractivity contribution in [3.63, 3.8) is 0 Å². The van der Waals surface area contributed by atoms with Crippen LogP contribution < -0.4 is 0 Å². The molecular weight excluding hydrogens is 781 g/mol. The number of halogens is 23. The summed E-state index contributed by atoms with van der Waals surface area (Å²) in [4.78, 5) is 20.7. The molecule has 1 atom stereocenters. The van der Waals surface area contributed by atoms with Crippen molar-refractivity contribution in [1.82, 2.24) is 4.53 Å². The molecule has 7 nitrogen and oxygen atoms in total. The minimum atomic E-state index is -9.90. The van der Waals surface area contributed by atoms with Crippen molar-refractivity contribution in [2.24, 2.45) is 0 Å². The number of carbonyl (C=O) groups is 2. The van der Waals surface area contributed by atoms with Gasteiger partial charge in [0.25, 0.3) is 0 Å². The second-order valence-corrected chi connectivity index (χ2v) is 9.35. The quantitative estimate of drug-likeness (QED) is 0.120. The number of alkyl halides is 22. The Morgan fingerprint density at radius 1 is 0.457 bits per heavy atom. The molecule has 0 aromatic heterocycles. The molecule has 0 aliphatic carbocycles. The molecule has 0 fully saturated rings. The van der Waals surface area contributed by atoms with Crippen molar-refractivity contribution < 1.29 is 129 Å². The maximum absolute atomic E-state index is 14.2. The van der Waals surface area contributed by atoms with Crippen molar-refractivity contribution in [2.45, 2.75) is 64.6 Å². The predicted octanol–water partition coefficient (Wildman–Crippen LogP) is 4.81. The SMILES string of the molecule is O=C(O)C(F)(F)C(F)(F)[C@@](F)(C(=O)O)N(F)S(=O)(=O)C(F)(F)C(F)(F)C(F)(F)C(F)(F)C(F)(F)C(F)(F)C(F)(F)C(F)(F)F.[Na].[Na]. The molecule has 0 saturated heterocycles. The van der Waals surface area contributed by atoms with Crippen LogP contribution in [-0.4, -0.2) is 159 Å². The number of hydrogen-bond acceptors (Lipinski definition) is 4. The van der Waals surface area contributed by atoms with Gasteiger partial charge in [-0.25, -0.2) is 22.4 Å². The van der Waals surface area contributed by atoms with Crippen molar-refractivity contribution in [2.75, 3.05) is 0 Å². The zero-order valence-electron chi connectivity index (χ0n) is 20.6. The smallest absolute Gasteiger partial charge is 0.460 e. The maximum Gasteiger partial charge on any atom is 0.460 e. The summed E-state index contributed by atoms with van der Waals surface area (Å²) in [5.41, 5.74) is 0. The molecule has 2 radical (unpaired) electrons. The molecular formula is C13H2F23NNa2O6S. The van der Waals surface area contributed by atoms with Crippen LogP contribution in [0.15, 0.2) is 0 Å². The van der Waals surface area contributed by atoms with E-state index in [1.165, 1.54) is 0 Å². The molecule has 0 aliphatic rings. The fourth-order valence-electron chi connectivity index (χ4n) is 2.24. The number of aliphatic carboxylic acids is 2. The Morgan fingerprint density at radius 2 is 0.717 bits per heavy atom. The minimum absolute atomic E-state index is 0. The first-order valence-corrected chi connectivity index (χ1v) is 10.3. The summed E-state index contributed by atoms with van der Waals surface area (Å²) >= 11 is 0. The normalized spacial score (nSPS) is 16.7. The number of sulfonamides is 1. The summed E-state index contributed by atoms with van der Waals surface area (Å²) < 4.78 is 324. The van der Waals surface area contributed by atoms with Crippen LogP contribution in [0.1, 0.15) is 0 Å². The average Bonchev–Trinajstić information content (AvgIpc) is 2.80. The van der Waals surface area contributed by atoms with Gasteiger partial charge in [0.05, 0.1) is 0 Å². The van der Waals surface area contributed by atoms with E-state index in [-0.39, 0.29) is 59.1 Å². The largest absolute Gasteiger partial charge is 0.478 e. The molecule has 0 rings (SSSR count). The number of rotatable bonds is 13. The molecule has 0 aromatic rings. The number of hydrogen-bond donors (Lipinski definition) is 2. The van der Waals surface area contributed by atoms with Crippen LogP contribution in [0.25, 0.3) is 0 Å². The molecule has 0 saturated carbocycles. The van der Waals surface area contributed by atoms with E-state index in [2.05, 4.69) is 0 Å². The van der Waals surface area contributed by atoms with Crippen molar-refractivity contribution in [1.29, 1.82) is 0 Å². The zero-order valence-corrected chi connectivity index (χ0v) is 25.4. The predicted molar refractivity (Wildman–Crippen MR) is 93.1 cm³/mol. The van der Waals surface area contributed by atoms with Crippen LogP contribution in [0.5, 0.6) is 0 Å². The molecule has 0 spiro atoms. The standard InChI is InChI=1S/C13H2F23NO6S.2Na/c14-3(15,1(38)39)5(17,18)4(16,2(40)41)37(36)44(42,43)13(34,35)11(29,30)9(25,26)7(21,22)6(19,20)8(23,24)10(27,28)12(31,32)33;;/h(H,38,39)(H,40,41);;/t4-;;/m1../s1. The van der Waals surface area contributed by atoms with Gasteiger partial charge in [0.1, 0.15) is 0 Å². The number of carboxylic acid groups (broad SMARTS) is 2. The van der Waals surface area contributed by atoms with Crippen LogP contribution in [0, 0.1) is 0 Å². The Bertz CT molecular complexity index is 1270. The fourth-order valence-corrected chi connectivity index (χ4v) is 3.42. The second-order valence-electron chi connectivity index (χ2n) is 7.56. The van der Waals surface area contributed by atoms with Crippen LogP contribution in [0.3, 0.4) is 0 Å². The molecule has 2 N–H and O–H groups in total. The monoisotopic (exact) mass is 783 g/mol. The molecule has 0 heterocycles. The van der Waals surface area contributed by atoms with E-state index in [1.807, 2.05) is 0 Å². The Hall–Kier alpha value is -0.760.